The molecule has 3 heterocycles. The molecule has 1 saturated heterocycles. The lowest BCUT2D eigenvalue weighted by Crippen LogP contribution is -2.46. The van der Waals surface area contributed by atoms with Gasteiger partial charge in [-0.15, -0.1) is 0 Å². The Kier molecular flexibility index (Phi) is 5.24. The molecule has 1 aliphatic heterocycles. The van der Waals surface area contributed by atoms with E-state index < -0.39 is 0 Å². The lowest BCUT2D eigenvalue weighted by Gasteiger charge is -2.36. The van der Waals surface area contributed by atoms with Crippen molar-refractivity contribution in [2.45, 2.75) is 26.4 Å². The molecule has 3 aromatic rings. The summed E-state index contributed by atoms with van der Waals surface area (Å²) in [4.78, 5) is 33.4. The van der Waals surface area contributed by atoms with Crippen molar-refractivity contribution < 1.29 is 0 Å². The van der Waals surface area contributed by atoms with Gasteiger partial charge in [-0.25, -0.2) is 4.98 Å². The Balaban J connectivity index is 1.46. The summed E-state index contributed by atoms with van der Waals surface area (Å²) in [6, 6.07) is 9.58. The highest BCUT2D eigenvalue weighted by Crippen LogP contribution is 2.21. The first-order chi connectivity index (χ1) is 13.9. The molecule has 7 nitrogen and oxygen atoms in total. The van der Waals surface area contributed by atoms with Crippen LogP contribution in [0.25, 0.3) is 10.9 Å². The third-order valence-electron chi connectivity index (χ3n) is 5.61. The Bertz CT molecular complexity index is 1140. The predicted octanol–water partition coefficient (Wildman–Crippen LogP) is 2.00. The van der Waals surface area contributed by atoms with Crippen LogP contribution in [0.5, 0.6) is 0 Å². The molecule has 0 amide bonds. The summed E-state index contributed by atoms with van der Waals surface area (Å²) in [7, 11) is 1.79. The molecule has 0 atom stereocenters. The van der Waals surface area contributed by atoms with Gasteiger partial charge in [0.05, 0.1) is 17.2 Å². The number of hydrogen-bond acceptors (Lipinski definition) is 5. The summed E-state index contributed by atoms with van der Waals surface area (Å²) in [5.74, 6) is 0. The molecule has 0 unspecified atom stereocenters. The molecule has 0 saturated carbocycles. The van der Waals surface area contributed by atoms with E-state index in [4.69, 9.17) is 0 Å². The van der Waals surface area contributed by atoms with Gasteiger partial charge < -0.3 is 9.47 Å². The SMILES string of the molecule is CC(C)n1cnc2cc(N3CCN(Cc4ccc(=O)n(C)c4)CC3)ccc2c1=O. The smallest absolute Gasteiger partial charge is 0.261 e. The number of aryl methyl sites for hydroxylation is 1. The minimum atomic E-state index is 0.0126. The maximum atomic E-state index is 12.6. The van der Waals surface area contributed by atoms with Crippen LogP contribution < -0.4 is 16.0 Å². The van der Waals surface area contributed by atoms with Crippen LogP contribution in [0.3, 0.4) is 0 Å². The lowest BCUT2D eigenvalue weighted by atomic mass is 10.1. The fourth-order valence-corrected chi connectivity index (χ4v) is 3.86. The number of benzene rings is 1. The van der Waals surface area contributed by atoms with E-state index in [1.54, 1.807) is 28.6 Å². The maximum absolute atomic E-state index is 12.6. The maximum Gasteiger partial charge on any atom is 0.261 e. The first-order valence-electron chi connectivity index (χ1n) is 10.1. The predicted molar refractivity (Wildman–Crippen MR) is 116 cm³/mol. The first-order valence-corrected chi connectivity index (χ1v) is 10.1. The third-order valence-corrected chi connectivity index (χ3v) is 5.61. The molecule has 4 rings (SSSR count). The van der Waals surface area contributed by atoms with E-state index in [1.807, 2.05) is 44.3 Å². The van der Waals surface area contributed by atoms with Crippen molar-refractivity contribution in [1.29, 1.82) is 0 Å². The van der Waals surface area contributed by atoms with Crippen molar-refractivity contribution in [3.8, 4) is 0 Å². The fourth-order valence-electron chi connectivity index (χ4n) is 3.86. The number of fused-ring (bicyclic) bond motifs is 1. The van der Waals surface area contributed by atoms with Crippen molar-refractivity contribution in [3.05, 3.63) is 69.1 Å². The van der Waals surface area contributed by atoms with E-state index in [-0.39, 0.29) is 17.2 Å². The summed E-state index contributed by atoms with van der Waals surface area (Å²) >= 11 is 0. The molecule has 2 aromatic heterocycles. The average Bonchev–Trinajstić information content (AvgIpc) is 2.71. The highest BCUT2D eigenvalue weighted by atomic mass is 16.1. The zero-order valence-corrected chi connectivity index (χ0v) is 17.2. The van der Waals surface area contributed by atoms with Crippen LogP contribution >= 0.6 is 0 Å². The Morgan fingerprint density at radius 2 is 1.79 bits per heavy atom. The van der Waals surface area contributed by atoms with Crippen molar-refractivity contribution in [1.82, 2.24) is 19.0 Å². The summed E-state index contributed by atoms with van der Waals surface area (Å²) in [6.45, 7) is 8.54. The fraction of sp³-hybridized carbons (Fsp3) is 0.409. The van der Waals surface area contributed by atoms with Gasteiger partial charge in [0.2, 0.25) is 5.56 Å². The summed E-state index contributed by atoms with van der Waals surface area (Å²) in [5.41, 5.74) is 3.03. The third kappa shape index (κ3) is 3.96. The molecule has 0 radical (unpaired) electrons. The van der Waals surface area contributed by atoms with Crippen LogP contribution in [-0.4, -0.2) is 45.2 Å². The lowest BCUT2D eigenvalue weighted by molar-refractivity contribution is 0.249. The highest BCUT2D eigenvalue weighted by molar-refractivity contribution is 5.81. The summed E-state index contributed by atoms with van der Waals surface area (Å²) in [5, 5.41) is 0.665. The zero-order valence-electron chi connectivity index (χ0n) is 17.2. The van der Waals surface area contributed by atoms with Gasteiger partial charge in [0.1, 0.15) is 0 Å². The van der Waals surface area contributed by atoms with E-state index in [0.717, 1.165) is 49.5 Å². The molecule has 29 heavy (non-hydrogen) atoms. The molecule has 0 N–H and O–H groups in total. The van der Waals surface area contributed by atoms with Gasteiger partial charge in [-0.3, -0.25) is 19.1 Å². The number of pyridine rings is 1. The van der Waals surface area contributed by atoms with Gasteiger partial charge >= 0.3 is 0 Å². The molecular weight excluding hydrogens is 366 g/mol. The van der Waals surface area contributed by atoms with Gasteiger partial charge in [0.25, 0.3) is 5.56 Å². The van der Waals surface area contributed by atoms with Crippen molar-refractivity contribution in [3.63, 3.8) is 0 Å². The second kappa shape index (κ2) is 7.83. The number of rotatable bonds is 4. The summed E-state index contributed by atoms with van der Waals surface area (Å²) in [6.07, 6.45) is 3.55. The zero-order chi connectivity index (χ0) is 20.5. The van der Waals surface area contributed by atoms with Crippen LogP contribution in [0.2, 0.25) is 0 Å². The first kappa shape index (κ1) is 19.4. The topological polar surface area (TPSA) is 63.4 Å². The second-order valence-electron chi connectivity index (χ2n) is 8.00. The minimum absolute atomic E-state index is 0.0126. The van der Waals surface area contributed by atoms with E-state index >= 15 is 0 Å². The molecule has 0 spiro atoms. The summed E-state index contributed by atoms with van der Waals surface area (Å²) < 4.78 is 3.29. The molecule has 1 aliphatic rings. The van der Waals surface area contributed by atoms with Crippen LogP contribution in [0, 0.1) is 0 Å². The van der Waals surface area contributed by atoms with Crippen LogP contribution in [0.15, 0.2) is 52.4 Å². The normalized spacial score (nSPS) is 15.4. The molecule has 0 aliphatic carbocycles. The molecule has 152 valence electrons. The quantitative estimate of drug-likeness (QED) is 0.678. The Hall–Kier alpha value is -2.93. The van der Waals surface area contributed by atoms with E-state index in [2.05, 4.69) is 14.8 Å². The molecular formula is C22H27N5O2. The number of hydrogen-bond donors (Lipinski definition) is 0. The van der Waals surface area contributed by atoms with Gasteiger partial charge in [0.15, 0.2) is 0 Å². The Labute approximate surface area is 169 Å². The van der Waals surface area contributed by atoms with Gasteiger partial charge in [-0.05, 0) is 37.6 Å². The Morgan fingerprint density at radius 3 is 2.48 bits per heavy atom. The molecule has 7 heteroatoms. The van der Waals surface area contributed by atoms with Crippen LogP contribution in [0.4, 0.5) is 5.69 Å². The van der Waals surface area contributed by atoms with Crippen molar-refractivity contribution in [2.75, 3.05) is 31.1 Å². The molecule has 1 aromatic carbocycles. The van der Waals surface area contributed by atoms with Crippen LogP contribution in [-0.2, 0) is 13.6 Å². The molecule has 0 bridgehead atoms. The Morgan fingerprint density at radius 1 is 1.03 bits per heavy atom. The largest absolute Gasteiger partial charge is 0.369 e. The van der Waals surface area contributed by atoms with E-state index in [0.29, 0.717) is 5.39 Å². The van der Waals surface area contributed by atoms with E-state index in [1.165, 1.54) is 0 Å². The standard InChI is InChI=1S/C22H27N5O2/c1-16(2)27-15-23-20-12-18(5-6-19(20)22(27)29)26-10-8-25(9-11-26)14-17-4-7-21(28)24(3)13-17/h4-7,12-13,15-16H,8-11,14H2,1-3H3. The average molecular weight is 393 g/mol. The minimum Gasteiger partial charge on any atom is -0.369 e. The number of anilines is 1. The number of nitrogens with zero attached hydrogens (tertiary/aromatic N) is 5. The number of piperazine rings is 1. The van der Waals surface area contributed by atoms with Crippen molar-refractivity contribution >= 4 is 16.6 Å². The van der Waals surface area contributed by atoms with Crippen molar-refractivity contribution in [2.24, 2.45) is 7.05 Å². The number of aromatic nitrogens is 3. The highest BCUT2D eigenvalue weighted by Gasteiger charge is 2.18. The van der Waals surface area contributed by atoms with E-state index in [9.17, 15) is 9.59 Å². The molecule has 1 fully saturated rings. The van der Waals surface area contributed by atoms with Gasteiger partial charge in [0, 0.05) is 63.8 Å². The monoisotopic (exact) mass is 393 g/mol. The van der Waals surface area contributed by atoms with Gasteiger partial charge in [-0.1, -0.05) is 6.07 Å². The van der Waals surface area contributed by atoms with Gasteiger partial charge in [-0.2, -0.15) is 0 Å². The van der Waals surface area contributed by atoms with Crippen LogP contribution in [0.1, 0.15) is 25.5 Å². The second-order valence-corrected chi connectivity index (χ2v) is 8.00.